The lowest BCUT2D eigenvalue weighted by Gasteiger charge is -2.22. The van der Waals surface area contributed by atoms with E-state index in [2.05, 4.69) is 33.0 Å². The van der Waals surface area contributed by atoms with Crippen molar-refractivity contribution < 1.29 is 14.4 Å². The van der Waals surface area contributed by atoms with Crippen LogP contribution < -0.4 is 5.32 Å². The van der Waals surface area contributed by atoms with Gasteiger partial charge in [0.05, 0.1) is 6.54 Å². The van der Waals surface area contributed by atoms with Gasteiger partial charge in [-0.1, -0.05) is 76.2 Å². The van der Waals surface area contributed by atoms with Gasteiger partial charge < -0.3 is 5.32 Å². The monoisotopic (exact) mass is 406 g/mol. The van der Waals surface area contributed by atoms with Gasteiger partial charge in [0.2, 0.25) is 0 Å². The number of amides is 3. The fourth-order valence-corrected chi connectivity index (χ4v) is 3.71. The molecule has 5 heteroatoms. The first-order chi connectivity index (χ1) is 14.2. The predicted octanol–water partition coefficient (Wildman–Crippen LogP) is 4.97. The molecule has 1 saturated heterocycles. The second-order valence-corrected chi connectivity index (χ2v) is 8.58. The molecule has 0 radical (unpaired) electrons. The number of imide groups is 1. The summed E-state index contributed by atoms with van der Waals surface area (Å²) >= 11 is 0. The Morgan fingerprint density at radius 3 is 2.07 bits per heavy atom. The number of Topliss-reactive ketones (excluding diaryl/α,β-unsaturated/α-hetero) is 1. The normalized spacial score (nSPS) is 19.9. The second kappa shape index (κ2) is 8.42. The van der Waals surface area contributed by atoms with Gasteiger partial charge >= 0.3 is 6.03 Å². The number of ketones is 1. The van der Waals surface area contributed by atoms with E-state index in [1.807, 2.05) is 36.4 Å². The van der Waals surface area contributed by atoms with E-state index in [-0.39, 0.29) is 12.3 Å². The van der Waals surface area contributed by atoms with E-state index >= 15 is 0 Å². The number of carbonyl (C=O) groups is 3. The maximum Gasteiger partial charge on any atom is 0.325 e. The summed E-state index contributed by atoms with van der Waals surface area (Å²) in [4.78, 5) is 39.4. The minimum absolute atomic E-state index is 0.256. The lowest BCUT2D eigenvalue weighted by molar-refractivity contribution is -0.130. The average Bonchev–Trinajstić information content (AvgIpc) is 2.97. The molecule has 0 aromatic heterocycles. The van der Waals surface area contributed by atoms with Gasteiger partial charge in [0, 0.05) is 5.56 Å². The highest BCUT2D eigenvalue weighted by atomic mass is 16.2. The maximum absolute atomic E-state index is 13.1. The minimum Gasteiger partial charge on any atom is -0.319 e. The van der Waals surface area contributed by atoms with Crippen molar-refractivity contribution in [2.45, 2.75) is 58.4 Å². The van der Waals surface area contributed by atoms with E-state index in [1.54, 1.807) is 19.1 Å². The number of benzene rings is 2. The first-order valence-corrected chi connectivity index (χ1v) is 10.5. The van der Waals surface area contributed by atoms with Crippen molar-refractivity contribution in [1.29, 1.82) is 0 Å². The molecule has 30 heavy (non-hydrogen) atoms. The van der Waals surface area contributed by atoms with Gasteiger partial charge in [-0.15, -0.1) is 0 Å². The lowest BCUT2D eigenvalue weighted by atomic mass is 9.90. The topological polar surface area (TPSA) is 66.5 Å². The van der Waals surface area contributed by atoms with E-state index in [4.69, 9.17) is 0 Å². The fraction of sp³-hybridized carbons (Fsp3) is 0.400. The molecule has 0 spiro atoms. The summed E-state index contributed by atoms with van der Waals surface area (Å²) in [5.74, 6) is 0.132. The van der Waals surface area contributed by atoms with Crippen LogP contribution in [0.5, 0.6) is 0 Å². The maximum atomic E-state index is 13.1. The van der Waals surface area contributed by atoms with Crippen LogP contribution in [-0.4, -0.2) is 29.2 Å². The highest BCUT2D eigenvalue weighted by Crippen LogP contribution is 2.30. The Hall–Kier alpha value is -2.95. The van der Waals surface area contributed by atoms with E-state index in [0.29, 0.717) is 23.0 Å². The van der Waals surface area contributed by atoms with Crippen molar-refractivity contribution in [3.8, 4) is 0 Å². The molecule has 158 valence electrons. The summed E-state index contributed by atoms with van der Waals surface area (Å²) in [7, 11) is 0. The van der Waals surface area contributed by atoms with Crippen molar-refractivity contribution in [2.75, 3.05) is 6.54 Å². The molecule has 5 nitrogen and oxygen atoms in total. The molecule has 3 rings (SSSR count). The standard InChI is InChI=1S/C25H30N2O3/c1-6-17(4)19-7-9-20(10-8-19)22(28)15-27-23(29)25(5,26-24(27)30)21-13-11-18(12-14-21)16(2)3/h7-14,16-17H,6,15H2,1-5H3,(H,26,30)/t17-,25+/m1/s1. The number of carbonyl (C=O) groups excluding carboxylic acids is 3. The van der Waals surface area contributed by atoms with Gasteiger partial charge in [-0.25, -0.2) is 4.79 Å². The Balaban J connectivity index is 1.76. The third-order valence-corrected chi connectivity index (χ3v) is 6.15. The van der Waals surface area contributed by atoms with Gasteiger partial charge in [0.1, 0.15) is 5.54 Å². The van der Waals surface area contributed by atoms with Crippen LogP contribution in [0.2, 0.25) is 0 Å². The quantitative estimate of drug-likeness (QED) is 0.521. The molecule has 1 N–H and O–H groups in total. The Bertz CT molecular complexity index is 947. The van der Waals surface area contributed by atoms with E-state index < -0.39 is 17.5 Å². The van der Waals surface area contributed by atoms with Crippen LogP contribution in [0, 0.1) is 0 Å². The van der Waals surface area contributed by atoms with Gasteiger partial charge in [0.25, 0.3) is 5.91 Å². The average molecular weight is 407 g/mol. The number of urea groups is 1. The summed E-state index contributed by atoms with van der Waals surface area (Å²) in [6.07, 6.45) is 1.02. The summed E-state index contributed by atoms with van der Waals surface area (Å²) in [5, 5.41) is 2.77. The van der Waals surface area contributed by atoms with Gasteiger partial charge in [-0.05, 0) is 41.9 Å². The molecule has 0 saturated carbocycles. The molecule has 0 unspecified atom stereocenters. The summed E-state index contributed by atoms with van der Waals surface area (Å²) in [6.45, 7) is 9.87. The first-order valence-electron chi connectivity index (χ1n) is 10.5. The van der Waals surface area contributed by atoms with Crippen molar-refractivity contribution in [3.05, 3.63) is 70.8 Å². The molecular weight excluding hydrogens is 376 g/mol. The van der Waals surface area contributed by atoms with Crippen LogP contribution in [0.3, 0.4) is 0 Å². The van der Waals surface area contributed by atoms with Crippen molar-refractivity contribution in [1.82, 2.24) is 10.2 Å². The molecule has 1 aliphatic rings. The Morgan fingerprint density at radius 1 is 0.967 bits per heavy atom. The molecule has 3 amide bonds. The minimum atomic E-state index is -1.17. The van der Waals surface area contributed by atoms with Crippen LogP contribution in [0.15, 0.2) is 48.5 Å². The highest BCUT2D eigenvalue weighted by molar-refractivity contribution is 6.11. The van der Waals surface area contributed by atoms with Crippen LogP contribution in [-0.2, 0) is 10.3 Å². The van der Waals surface area contributed by atoms with E-state index in [9.17, 15) is 14.4 Å². The van der Waals surface area contributed by atoms with Crippen LogP contribution in [0.1, 0.15) is 79.9 Å². The molecule has 2 aromatic carbocycles. The van der Waals surface area contributed by atoms with Gasteiger partial charge in [-0.3, -0.25) is 14.5 Å². The van der Waals surface area contributed by atoms with Crippen molar-refractivity contribution in [3.63, 3.8) is 0 Å². The zero-order chi connectivity index (χ0) is 22.1. The number of rotatable bonds is 7. The predicted molar refractivity (Wildman–Crippen MR) is 118 cm³/mol. The summed E-state index contributed by atoms with van der Waals surface area (Å²) in [6, 6.07) is 14.5. The molecule has 0 bridgehead atoms. The van der Waals surface area contributed by atoms with Crippen LogP contribution in [0.25, 0.3) is 0 Å². The Kier molecular flexibility index (Phi) is 6.11. The smallest absolute Gasteiger partial charge is 0.319 e. The summed E-state index contributed by atoms with van der Waals surface area (Å²) < 4.78 is 0. The fourth-order valence-electron chi connectivity index (χ4n) is 3.71. The molecular formula is C25H30N2O3. The summed E-state index contributed by atoms with van der Waals surface area (Å²) in [5.41, 5.74) is 2.36. The van der Waals surface area contributed by atoms with Crippen LogP contribution >= 0.6 is 0 Å². The lowest BCUT2D eigenvalue weighted by Crippen LogP contribution is -2.41. The zero-order valence-electron chi connectivity index (χ0n) is 18.4. The number of hydrogen-bond acceptors (Lipinski definition) is 3. The molecule has 1 heterocycles. The largest absolute Gasteiger partial charge is 0.325 e. The van der Waals surface area contributed by atoms with Crippen LogP contribution in [0.4, 0.5) is 4.79 Å². The van der Waals surface area contributed by atoms with Crippen molar-refractivity contribution in [2.24, 2.45) is 0 Å². The van der Waals surface area contributed by atoms with E-state index in [1.165, 1.54) is 5.56 Å². The molecule has 0 aliphatic carbocycles. The third kappa shape index (κ3) is 4.02. The number of nitrogens with zero attached hydrogens (tertiary/aromatic N) is 1. The van der Waals surface area contributed by atoms with E-state index in [0.717, 1.165) is 16.9 Å². The second-order valence-electron chi connectivity index (χ2n) is 8.58. The zero-order valence-corrected chi connectivity index (χ0v) is 18.4. The SMILES string of the molecule is CC[C@@H](C)c1ccc(C(=O)CN2C(=O)N[C@@](C)(c3ccc(C(C)C)cc3)C2=O)cc1. The number of hydrogen-bond donors (Lipinski definition) is 1. The molecule has 2 atom stereocenters. The Labute approximate surface area is 178 Å². The van der Waals surface area contributed by atoms with Crippen molar-refractivity contribution >= 4 is 17.7 Å². The first kappa shape index (κ1) is 21.8. The molecule has 1 fully saturated rings. The highest BCUT2D eigenvalue weighted by Gasteiger charge is 2.49. The molecule has 2 aromatic rings. The third-order valence-electron chi connectivity index (χ3n) is 6.15. The van der Waals surface area contributed by atoms with Gasteiger partial charge in [-0.2, -0.15) is 0 Å². The van der Waals surface area contributed by atoms with Gasteiger partial charge in [0.15, 0.2) is 5.78 Å². The molecule has 1 aliphatic heterocycles. The Morgan fingerprint density at radius 2 is 1.53 bits per heavy atom. The number of nitrogens with one attached hydrogen (secondary N) is 1.